The molecule has 0 bridgehead atoms. The quantitative estimate of drug-likeness (QED) is 0.771. The number of amides is 1. The molecule has 0 saturated heterocycles. The lowest BCUT2D eigenvalue weighted by atomic mass is 10.1. The molecule has 0 aliphatic heterocycles. The maximum atomic E-state index is 12.1. The predicted molar refractivity (Wildman–Crippen MR) is 89.6 cm³/mol. The number of nitrogens with one attached hydrogen (secondary N) is 1. The van der Waals surface area contributed by atoms with Crippen LogP contribution in [-0.2, 0) is 17.6 Å². The molecule has 2 aromatic rings. The summed E-state index contributed by atoms with van der Waals surface area (Å²) in [4.78, 5) is 11.8. The van der Waals surface area contributed by atoms with E-state index in [0.717, 1.165) is 11.1 Å². The van der Waals surface area contributed by atoms with Gasteiger partial charge in [-0.1, -0.05) is 41.9 Å². The number of hydrogen-bond donors (Lipinski definition) is 1. The molecule has 128 valence electrons. The average molecular weight is 354 g/mol. The van der Waals surface area contributed by atoms with Crippen molar-refractivity contribution in [3.8, 4) is 5.75 Å². The second-order valence-corrected chi connectivity index (χ2v) is 5.62. The van der Waals surface area contributed by atoms with E-state index in [4.69, 9.17) is 11.6 Å². The van der Waals surface area contributed by atoms with Gasteiger partial charge in [0.25, 0.3) is 0 Å². The summed E-state index contributed by atoms with van der Waals surface area (Å²) in [5.41, 5.74) is 1.88. The van der Waals surface area contributed by atoms with Gasteiger partial charge in [-0.2, -0.15) is 8.78 Å². The van der Waals surface area contributed by atoms with Gasteiger partial charge in [-0.05, 0) is 42.2 Å². The number of carbonyl (C=O) groups excluding carboxylic acids is 1. The highest BCUT2D eigenvalue weighted by Gasteiger charge is 2.06. The van der Waals surface area contributed by atoms with Crippen LogP contribution in [0, 0.1) is 0 Å². The Kier molecular flexibility index (Phi) is 7.00. The monoisotopic (exact) mass is 353 g/mol. The molecule has 0 atom stereocenters. The molecule has 0 radical (unpaired) electrons. The minimum absolute atomic E-state index is 0.0485. The average Bonchev–Trinajstić information content (AvgIpc) is 2.55. The van der Waals surface area contributed by atoms with Crippen LogP contribution in [0.25, 0.3) is 0 Å². The van der Waals surface area contributed by atoms with E-state index in [2.05, 4.69) is 10.1 Å². The van der Waals surface area contributed by atoms with Crippen molar-refractivity contribution in [2.24, 2.45) is 0 Å². The Hall–Kier alpha value is -2.14. The maximum absolute atomic E-state index is 12.1. The van der Waals surface area contributed by atoms with Gasteiger partial charge in [-0.15, -0.1) is 0 Å². The fourth-order valence-corrected chi connectivity index (χ4v) is 2.45. The molecule has 1 N–H and O–H groups in total. The number of halogens is 3. The molecule has 24 heavy (non-hydrogen) atoms. The molecule has 3 nitrogen and oxygen atoms in total. The third kappa shape index (κ3) is 6.16. The normalized spacial score (nSPS) is 10.7. The first kappa shape index (κ1) is 18.2. The lowest BCUT2D eigenvalue weighted by Crippen LogP contribution is -2.25. The second-order valence-electron chi connectivity index (χ2n) is 5.21. The summed E-state index contributed by atoms with van der Waals surface area (Å²) in [5.74, 6) is 0.0742. The van der Waals surface area contributed by atoms with Crippen LogP contribution in [0.1, 0.15) is 17.5 Å². The molecule has 2 aromatic carbocycles. The van der Waals surface area contributed by atoms with Gasteiger partial charge in [0.15, 0.2) is 0 Å². The molecule has 0 unspecified atom stereocenters. The van der Waals surface area contributed by atoms with Gasteiger partial charge in [0, 0.05) is 18.0 Å². The molecule has 0 aromatic heterocycles. The number of carbonyl (C=O) groups is 1. The van der Waals surface area contributed by atoms with Crippen LogP contribution in [0.2, 0.25) is 5.02 Å². The molecule has 0 fully saturated rings. The standard InChI is InChI=1S/C18H18ClF2NO2/c19-16-4-2-1-3-14(16)7-10-17(23)22-12-11-13-5-8-15(9-6-13)24-18(20)21/h1-6,8-9,18H,7,10-12H2,(H,22,23). The van der Waals surface area contributed by atoms with Crippen LogP contribution in [0.4, 0.5) is 8.78 Å². The van der Waals surface area contributed by atoms with Crippen molar-refractivity contribution >= 4 is 17.5 Å². The zero-order chi connectivity index (χ0) is 17.4. The number of alkyl halides is 2. The lowest BCUT2D eigenvalue weighted by Gasteiger charge is -2.08. The van der Waals surface area contributed by atoms with Gasteiger partial charge in [0.05, 0.1) is 0 Å². The van der Waals surface area contributed by atoms with E-state index in [1.807, 2.05) is 18.2 Å². The van der Waals surface area contributed by atoms with Crippen LogP contribution >= 0.6 is 11.6 Å². The summed E-state index contributed by atoms with van der Waals surface area (Å²) in [6, 6.07) is 13.8. The van der Waals surface area contributed by atoms with E-state index >= 15 is 0 Å². The Morgan fingerprint density at radius 1 is 1.08 bits per heavy atom. The summed E-state index contributed by atoms with van der Waals surface area (Å²) in [7, 11) is 0. The Morgan fingerprint density at radius 3 is 2.46 bits per heavy atom. The fourth-order valence-electron chi connectivity index (χ4n) is 2.22. The van der Waals surface area contributed by atoms with Crippen molar-refractivity contribution in [3.63, 3.8) is 0 Å². The lowest BCUT2D eigenvalue weighted by molar-refractivity contribution is -0.121. The Morgan fingerprint density at radius 2 is 1.79 bits per heavy atom. The van der Waals surface area contributed by atoms with Gasteiger partial charge in [-0.25, -0.2) is 0 Å². The van der Waals surface area contributed by atoms with Crippen LogP contribution in [0.15, 0.2) is 48.5 Å². The first-order valence-corrected chi connectivity index (χ1v) is 7.96. The minimum Gasteiger partial charge on any atom is -0.435 e. The Bertz CT molecular complexity index is 662. The van der Waals surface area contributed by atoms with E-state index in [1.165, 1.54) is 12.1 Å². The molecule has 0 saturated carbocycles. The number of rotatable bonds is 8. The topological polar surface area (TPSA) is 38.3 Å². The first-order valence-electron chi connectivity index (χ1n) is 7.58. The van der Waals surface area contributed by atoms with E-state index < -0.39 is 6.61 Å². The Labute approximate surface area is 144 Å². The van der Waals surface area contributed by atoms with E-state index in [9.17, 15) is 13.6 Å². The summed E-state index contributed by atoms with van der Waals surface area (Å²) >= 11 is 6.05. The summed E-state index contributed by atoms with van der Waals surface area (Å²) in [6.07, 6.45) is 1.57. The smallest absolute Gasteiger partial charge is 0.387 e. The highest BCUT2D eigenvalue weighted by Crippen LogP contribution is 2.17. The largest absolute Gasteiger partial charge is 0.435 e. The van der Waals surface area contributed by atoms with Crippen LogP contribution in [0.3, 0.4) is 0 Å². The molecule has 0 aliphatic rings. The Balaban J connectivity index is 1.70. The molecule has 0 spiro atoms. The molecule has 1 amide bonds. The third-order valence-electron chi connectivity index (χ3n) is 3.46. The van der Waals surface area contributed by atoms with Gasteiger partial charge in [0.2, 0.25) is 5.91 Å². The van der Waals surface area contributed by atoms with Gasteiger partial charge >= 0.3 is 6.61 Å². The van der Waals surface area contributed by atoms with E-state index in [0.29, 0.717) is 30.8 Å². The summed E-state index contributed by atoms with van der Waals surface area (Å²) < 4.78 is 28.4. The van der Waals surface area contributed by atoms with E-state index in [1.54, 1.807) is 18.2 Å². The zero-order valence-corrected chi connectivity index (χ0v) is 13.7. The summed E-state index contributed by atoms with van der Waals surface area (Å²) in [5, 5.41) is 3.50. The highest BCUT2D eigenvalue weighted by molar-refractivity contribution is 6.31. The molecule has 6 heteroatoms. The van der Waals surface area contributed by atoms with Crippen LogP contribution in [-0.4, -0.2) is 19.1 Å². The van der Waals surface area contributed by atoms with Crippen LogP contribution in [0.5, 0.6) is 5.75 Å². The number of hydrogen-bond acceptors (Lipinski definition) is 2. The summed E-state index contributed by atoms with van der Waals surface area (Å²) in [6.45, 7) is -2.34. The van der Waals surface area contributed by atoms with Crippen molar-refractivity contribution in [1.82, 2.24) is 5.32 Å². The number of aryl methyl sites for hydroxylation is 1. The molecule has 2 rings (SSSR count). The van der Waals surface area contributed by atoms with Gasteiger partial charge < -0.3 is 10.1 Å². The van der Waals surface area contributed by atoms with E-state index in [-0.39, 0.29) is 11.7 Å². The van der Waals surface area contributed by atoms with Gasteiger partial charge in [-0.3, -0.25) is 4.79 Å². The van der Waals surface area contributed by atoms with Crippen LogP contribution < -0.4 is 10.1 Å². The van der Waals surface area contributed by atoms with Crippen molar-refractivity contribution < 1.29 is 18.3 Å². The fraction of sp³-hybridized carbons (Fsp3) is 0.278. The SMILES string of the molecule is O=C(CCc1ccccc1Cl)NCCc1ccc(OC(F)F)cc1. The van der Waals surface area contributed by atoms with Crippen molar-refractivity contribution in [2.75, 3.05) is 6.54 Å². The highest BCUT2D eigenvalue weighted by atomic mass is 35.5. The molecule has 0 aliphatic carbocycles. The maximum Gasteiger partial charge on any atom is 0.387 e. The second kappa shape index (κ2) is 9.23. The van der Waals surface area contributed by atoms with Crippen molar-refractivity contribution in [2.45, 2.75) is 25.9 Å². The zero-order valence-electron chi connectivity index (χ0n) is 13.0. The van der Waals surface area contributed by atoms with Gasteiger partial charge in [0.1, 0.15) is 5.75 Å². The minimum atomic E-state index is -2.83. The number of benzene rings is 2. The van der Waals surface area contributed by atoms with Crippen molar-refractivity contribution in [1.29, 1.82) is 0 Å². The molecule has 0 heterocycles. The molecular weight excluding hydrogens is 336 g/mol. The van der Waals surface area contributed by atoms with Crippen molar-refractivity contribution in [3.05, 3.63) is 64.7 Å². The molecular formula is C18H18ClF2NO2. The predicted octanol–water partition coefficient (Wildman–Crippen LogP) is 4.23. The first-order chi connectivity index (χ1) is 11.5. The number of ether oxygens (including phenoxy) is 1. The third-order valence-corrected chi connectivity index (χ3v) is 3.83.